The smallest absolute Gasteiger partial charge is 0.390 e. The predicted octanol–water partition coefficient (Wildman–Crippen LogP) is 4.93. The zero-order valence-corrected chi connectivity index (χ0v) is 22.2. The summed E-state index contributed by atoms with van der Waals surface area (Å²) in [5.41, 5.74) is 2.13. The molecule has 2 aromatic heterocycles. The van der Waals surface area contributed by atoms with E-state index >= 15 is 0 Å². The van der Waals surface area contributed by atoms with Gasteiger partial charge in [0.05, 0.1) is 24.3 Å². The second kappa shape index (κ2) is 10.8. The Balaban J connectivity index is 1.20. The molecule has 3 aromatic rings. The second-order valence-corrected chi connectivity index (χ2v) is 11.3. The lowest BCUT2D eigenvalue weighted by Crippen LogP contribution is -2.51. The molecule has 3 aliphatic rings. The van der Waals surface area contributed by atoms with Crippen molar-refractivity contribution in [3.63, 3.8) is 0 Å². The largest absolute Gasteiger partial charge is 0.429 e. The molecular weight excluding hydrogens is 487 g/mol. The van der Waals surface area contributed by atoms with Gasteiger partial charge in [-0.3, -0.25) is 4.98 Å². The molecule has 9 heteroatoms. The van der Waals surface area contributed by atoms with Crippen molar-refractivity contribution in [1.29, 1.82) is 5.26 Å². The fourth-order valence-corrected chi connectivity index (χ4v) is 6.51. The molecule has 2 atom stereocenters. The second-order valence-electron chi connectivity index (χ2n) is 11.3. The number of nitrogens with zero attached hydrogens (tertiary/aromatic N) is 4. The summed E-state index contributed by atoms with van der Waals surface area (Å²) in [6, 6.07) is 16.1. The van der Waals surface area contributed by atoms with E-state index in [1.54, 1.807) is 6.20 Å². The number of aliphatic hydroxyl groups is 1. The molecule has 2 bridgehead atoms. The average Bonchev–Trinajstić information content (AvgIpc) is 3.31. The van der Waals surface area contributed by atoms with Gasteiger partial charge in [-0.2, -0.15) is 0 Å². The SMILES string of the molecule is CC1(O)CC2CCCC(C1)C2Nc1nc(NC2=NB(C#N)C(COCc3ccccc3)=C2)cc2ncccc12. The number of amidine groups is 1. The first-order chi connectivity index (χ1) is 19.0. The number of rotatable bonds is 7. The molecule has 2 unspecified atom stereocenters. The minimum Gasteiger partial charge on any atom is -0.390 e. The van der Waals surface area contributed by atoms with Crippen molar-refractivity contribution < 1.29 is 9.84 Å². The van der Waals surface area contributed by atoms with E-state index in [2.05, 4.69) is 26.5 Å². The van der Waals surface area contributed by atoms with Crippen LogP contribution < -0.4 is 10.6 Å². The summed E-state index contributed by atoms with van der Waals surface area (Å²) < 4.78 is 5.87. The Kier molecular flexibility index (Phi) is 7.07. The lowest BCUT2D eigenvalue weighted by atomic mass is 9.59. The van der Waals surface area contributed by atoms with Gasteiger partial charge in [-0.1, -0.05) is 36.8 Å². The lowest BCUT2D eigenvalue weighted by Gasteiger charge is -2.48. The van der Waals surface area contributed by atoms with Crippen LogP contribution in [0.1, 0.15) is 44.6 Å². The Morgan fingerprint density at radius 2 is 1.92 bits per heavy atom. The van der Waals surface area contributed by atoms with Crippen LogP contribution in [-0.4, -0.2) is 46.0 Å². The van der Waals surface area contributed by atoms with Crippen molar-refractivity contribution in [3.05, 3.63) is 71.8 Å². The summed E-state index contributed by atoms with van der Waals surface area (Å²) in [6.45, 7) is 2.19. The van der Waals surface area contributed by atoms with Crippen LogP contribution in [0.25, 0.3) is 10.9 Å². The van der Waals surface area contributed by atoms with E-state index in [4.69, 9.17) is 9.72 Å². The highest BCUT2D eigenvalue weighted by Gasteiger charge is 2.44. The van der Waals surface area contributed by atoms with Gasteiger partial charge in [0.2, 0.25) is 0 Å². The van der Waals surface area contributed by atoms with Crippen molar-refractivity contribution in [3.8, 4) is 5.97 Å². The third-order valence-corrected chi connectivity index (χ3v) is 8.17. The Morgan fingerprint density at radius 1 is 1.13 bits per heavy atom. The molecule has 2 saturated carbocycles. The van der Waals surface area contributed by atoms with E-state index in [-0.39, 0.29) is 6.04 Å². The summed E-state index contributed by atoms with van der Waals surface area (Å²) in [6.07, 6.45) is 8.72. The lowest BCUT2D eigenvalue weighted by molar-refractivity contribution is -0.0432. The maximum absolute atomic E-state index is 10.8. The fraction of sp³-hybridized carbons (Fsp3) is 0.400. The first-order valence-corrected chi connectivity index (χ1v) is 13.8. The molecule has 2 aliphatic carbocycles. The third kappa shape index (κ3) is 5.68. The van der Waals surface area contributed by atoms with Crippen molar-refractivity contribution in [2.75, 3.05) is 17.2 Å². The number of nitriles is 1. The van der Waals surface area contributed by atoms with Crippen LogP contribution in [0.3, 0.4) is 0 Å². The number of hydrogen-bond acceptors (Lipinski definition) is 8. The molecule has 198 valence electrons. The highest BCUT2D eigenvalue weighted by atomic mass is 16.5. The van der Waals surface area contributed by atoms with Crippen molar-refractivity contribution in [2.45, 2.75) is 57.3 Å². The standard InChI is InChI=1S/C30H33BN6O2/c1-30(38)15-21-9-5-10-22(16-30)28(21)36-29-24-11-6-12-33-25(24)14-26(35-29)34-27-13-23(31(19-32)37-27)18-39-17-20-7-3-2-4-8-20/h2-4,6-8,11-14,21-22,28,38H,5,9-10,15-18H2,1H3,(H2,34,35,36,37). The van der Waals surface area contributed by atoms with Crippen LogP contribution in [0.4, 0.5) is 11.6 Å². The molecule has 1 aromatic carbocycles. The van der Waals surface area contributed by atoms with Gasteiger partial charge in [-0.15, -0.1) is 0 Å². The first-order valence-electron chi connectivity index (χ1n) is 13.8. The maximum Gasteiger partial charge on any atom is 0.429 e. The summed E-state index contributed by atoms with van der Waals surface area (Å²) >= 11 is 0. The number of ether oxygens (including phenoxy) is 1. The number of nitrogens with one attached hydrogen (secondary N) is 2. The van der Waals surface area contributed by atoms with Gasteiger partial charge < -0.3 is 25.4 Å². The summed E-state index contributed by atoms with van der Waals surface area (Å²) in [4.78, 5) is 14.1. The van der Waals surface area contributed by atoms with Gasteiger partial charge in [-0.05, 0) is 73.7 Å². The summed E-state index contributed by atoms with van der Waals surface area (Å²) in [5.74, 6) is 5.08. The van der Waals surface area contributed by atoms with Gasteiger partial charge in [0, 0.05) is 29.7 Å². The van der Waals surface area contributed by atoms with E-state index in [1.807, 2.05) is 61.5 Å². The van der Waals surface area contributed by atoms with Crippen LogP contribution in [-0.2, 0) is 11.3 Å². The molecule has 2 fully saturated rings. The molecule has 0 radical (unpaired) electrons. The van der Waals surface area contributed by atoms with Gasteiger partial charge >= 0.3 is 6.85 Å². The summed E-state index contributed by atoms with van der Waals surface area (Å²) in [7, 11) is 0. The van der Waals surface area contributed by atoms with Gasteiger partial charge in [0.1, 0.15) is 17.5 Å². The van der Waals surface area contributed by atoms with E-state index < -0.39 is 12.4 Å². The zero-order valence-electron chi connectivity index (χ0n) is 22.2. The number of pyridine rings is 2. The Bertz CT molecular complexity index is 1430. The Morgan fingerprint density at radius 3 is 2.69 bits per heavy atom. The van der Waals surface area contributed by atoms with Gasteiger partial charge in [0.15, 0.2) is 0 Å². The molecular formula is C30H33BN6O2. The van der Waals surface area contributed by atoms with E-state index in [9.17, 15) is 10.4 Å². The molecule has 0 saturated heterocycles. The topological polar surface area (TPSA) is 115 Å². The third-order valence-electron chi connectivity index (χ3n) is 8.17. The van der Waals surface area contributed by atoms with Crippen LogP contribution in [0.5, 0.6) is 0 Å². The average molecular weight is 520 g/mol. The summed E-state index contributed by atoms with van der Waals surface area (Å²) in [5, 5.41) is 28.5. The molecule has 8 nitrogen and oxygen atoms in total. The Hall–Kier alpha value is -3.74. The minimum atomic E-state index is -0.596. The minimum absolute atomic E-state index is 0.269. The fourth-order valence-electron chi connectivity index (χ4n) is 6.51. The molecule has 1 aliphatic heterocycles. The van der Waals surface area contributed by atoms with E-state index in [0.717, 1.165) is 53.4 Å². The van der Waals surface area contributed by atoms with E-state index in [0.29, 0.717) is 36.7 Å². The molecule has 39 heavy (non-hydrogen) atoms. The number of aromatic nitrogens is 2. The van der Waals surface area contributed by atoms with Crippen LogP contribution in [0.15, 0.2) is 71.2 Å². The number of hydrogen-bond donors (Lipinski definition) is 3. The maximum atomic E-state index is 10.8. The molecule has 0 amide bonds. The molecule has 3 N–H and O–H groups in total. The monoisotopic (exact) mass is 520 g/mol. The van der Waals surface area contributed by atoms with Crippen molar-refractivity contribution in [1.82, 2.24) is 9.97 Å². The zero-order chi connectivity index (χ0) is 26.8. The number of benzene rings is 1. The van der Waals surface area contributed by atoms with E-state index in [1.165, 1.54) is 6.42 Å². The van der Waals surface area contributed by atoms with Crippen LogP contribution in [0, 0.1) is 23.1 Å². The van der Waals surface area contributed by atoms with Gasteiger partial charge in [-0.25, -0.2) is 10.2 Å². The number of anilines is 2. The molecule has 0 spiro atoms. The van der Waals surface area contributed by atoms with Crippen LogP contribution in [0.2, 0.25) is 0 Å². The first kappa shape index (κ1) is 25.5. The normalized spacial score (nSPS) is 26.1. The van der Waals surface area contributed by atoms with Crippen molar-refractivity contribution in [2.24, 2.45) is 16.7 Å². The van der Waals surface area contributed by atoms with Crippen LogP contribution >= 0.6 is 0 Å². The molecule has 3 heterocycles. The van der Waals surface area contributed by atoms with Crippen molar-refractivity contribution >= 4 is 35.2 Å². The number of fused-ring (bicyclic) bond motifs is 3. The quantitative estimate of drug-likeness (QED) is 0.379. The van der Waals surface area contributed by atoms with Gasteiger partial charge in [0.25, 0.3) is 0 Å². The highest BCUT2D eigenvalue weighted by molar-refractivity contribution is 6.76. The molecule has 6 rings (SSSR count). The highest BCUT2D eigenvalue weighted by Crippen LogP contribution is 2.46. The Labute approximate surface area is 229 Å². The predicted molar refractivity (Wildman–Crippen MR) is 154 cm³/mol.